The quantitative estimate of drug-likeness (QED) is 0.584. The van der Waals surface area contributed by atoms with Crippen molar-refractivity contribution in [3.05, 3.63) is 70.1 Å². The summed E-state index contributed by atoms with van der Waals surface area (Å²) in [6, 6.07) is 13.6. The Morgan fingerprint density at radius 1 is 1.27 bits per heavy atom. The Kier molecular flexibility index (Phi) is 7.34. The fourth-order valence-electron chi connectivity index (χ4n) is 2.29. The third-order valence-electron chi connectivity index (χ3n) is 3.61. The summed E-state index contributed by atoms with van der Waals surface area (Å²) in [5.74, 6) is -0.348. The van der Waals surface area contributed by atoms with Crippen LogP contribution in [0.5, 0.6) is 0 Å². The molecule has 0 fully saturated rings. The van der Waals surface area contributed by atoms with E-state index in [0.29, 0.717) is 31.7 Å². The summed E-state index contributed by atoms with van der Waals surface area (Å²) in [7, 11) is 0. The molecule has 1 amide bonds. The predicted octanol–water partition coefficient (Wildman–Crippen LogP) is 2.26. The molecule has 1 N–H and O–H groups in total. The first-order valence-corrected chi connectivity index (χ1v) is 8.41. The van der Waals surface area contributed by atoms with E-state index < -0.39 is 0 Å². The molecule has 0 spiro atoms. The molecule has 26 heavy (non-hydrogen) atoms. The molecule has 0 aliphatic heterocycles. The lowest BCUT2D eigenvalue weighted by molar-refractivity contribution is -0.116. The van der Waals surface area contributed by atoms with Crippen LogP contribution in [0.15, 0.2) is 53.5 Å². The molecule has 0 aliphatic rings. The van der Waals surface area contributed by atoms with Gasteiger partial charge in [-0.05, 0) is 43.2 Å². The van der Waals surface area contributed by atoms with Crippen LogP contribution < -0.4 is 10.9 Å². The van der Waals surface area contributed by atoms with Gasteiger partial charge in [-0.2, -0.15) is 5.26 Å². The Labute approximate surface area is 152 Å². The standard InChI is InChI=1S/C20H21N3O3/c1-2-26-13-5-11-22-20(25)18(23-12-4-3-6-19(23)24)14-16-7-9-17(15-21)10-8-16/h3-4,6-10,12,14H,2,5,11,13H2,1H3,(H,22,25). The smallest absolute Gasteiger partial charge is 0.268 e. The molecule has 2 rings (SSSR count). The summed E-state index contributed by atoms with van der Waals surface area (Å²) in [5.41, 5.74) is 1.17. The monoisotopic (exact) mass is 351 g/mol. The summed E-state index contributed by atoms with van der Waals surface area (Å²) in [4.78, 5) is 24.8. The Morgan fingerprint density at radius 3 is 2.69 bits per heavy atom. The third-order valence-corrected chi connectivity index (χ3v) is 3.61. The van der Waals surface area contributed by atoms with Crippen molar-refractivity contribution in [2.45, 2.75) is 13.3 Å². The number of carbonyl (C=O) groups is 1. The van der Waals surface area contributed by atoms with Crippen molar-refractivity contribution in [1.82, 2.24) is 9.88 Å². The fraction of sp³-hybridized carbons (Fsp3) is 0.250. The molecule has 0 atom stereocenters. The third kappa shape index (κ3) is 5.43. The van der Waals surface area contributed by atoms with Gasteiger partial charge >= 0.3 is 0 Å². The molecule has 134 valence electrons. The van der Waals surface area contributed by atoms with Crippen molar-refractivity contribution in [3.8, 4) is 6.07 Å². The molecule has 0 radical (unpaired) electrons. The van der Waals surface area contributed by atoms with E-state index in [2.05, 4.69) is 5.32 Å². The summed E-state index contributed by atoms with van der Waals surface area (Å²) in [6.07, 6.45) is 3.87. The van der Waals surface area contributed by atoms with Gasteiger partial charge in [0.15, 0.2) is 0 Å². The topological polar surface area (TPSA) is 84.1 Å². The minimum Gasteiger partial charge on any atom is -0.382 e. The van der Waals surface area contributed by atoms with Crippen LogP contribution in [0.3, 0.4) is 0 Å². The molecular formula is C20H21N3O3. The first-order chi connectivity index (χ1) is 12.7. The van der Waals surface area contributed by atoms with E-state index in [1.165, 1.54) is 10.6 Å². The lowest BCUT2D eigenvalue weighted by Gasteiger charge is -2.11. The van der Waals surface area contributed by atoms with Crippen LogP contribution in [0.2, 0.25) is 0 Å². The van der Waals surface area contributed by atoms with Crippen LogP contribution in [0.4, 0.5) is 0 Å². The highest BCUT2D eigenvalue weighted by molar-refractivity contribution is 6.18. The van der Waals surface area contributed by atoms with Gasteiger partial charge in [0.25, 0.3) is 11.5 Å². The van der Waals surface area contributed by atoms with Crippen LogP contribution in [0, 0.1) is 11.3 Å². The number of hydrogen-bond donors (Lipinski definition) is 1. The van der Waals surface area contributed by atoms with Gasteiger partial charge < -0.3 is 10.1 Å². The number of nitrogens with one attached hydrogen (secondary N) is 1. The lowest BCUT2D eigenvalue weighted by atomic mass is 10.1. The summed E-state index contributed by atoms with van der Waals surface area (Å²) < 4.78 is 6.55. The predicted molar refractivity (Wildman–Crippen MR) is 100 cm³/mol. The van der Waals surface area contributed by atoms with E-state index in [4.69, 9.17) is 10.00 Å². The van der Waals surface area contributed by atoms with Gasteiger partial charge in [-0.25, -0.2) is 0 Å². The molecule has 0 saturated heterocycles. The second-order valence-corrected chi connectivity index (χ2v) is 5.48. The largest absolute Gasteiger partial charge is 0.382 e. The van der Waals surface area contributed by atoms with Gasteiger partial charge in [0.1, 0.15) is 5.70 Å². The average Bonchev–Trinajstić information content (AvgIpc) is 2.67. The minimum absolute atomic E-state index is 0.219. The highest BCUT2D eigenvalue weighted by atomic mass is 16.5. The Hall–Kier alpha value is -3.17. The highest BCUT2D eigenvalue weighted by Gasteiger charge is 2.12. The number of ether oxygens (including phenoxy) is 1. The number of aromatic nitrogens is 1. The maximum Gasteiger partial charge on any atom is 0.268 e. The molecule has 6 nitrogen and oxygen atoms in total. The molecule has 2 aromatic rings. The fourth-order valence-corrected chi connectivity index (χ4v) is 2.29. The number of amides is 1. The molecular weight excluding hydrogens is 330 g/mol. The Bertz CT molecular complexity index is 861. The SMILES string of the molecule is CCOCCCNC(=O)C(=Cc1ccc(C#N)cc1)n1ccccc1=O. The first kappa shape index (κ1) is 19.2. The summed E-state index contributed by atoms with van der Waals surface area (Å²) >= 11 is 0. The number of hydrogen-bond acceptors (Lipinski definition) is 4. The van der Waals surface area contributed by atoms with E-state index in [-0.39, 0.29) is 17.2 Å². The second-order valence-electron chi connectivity index (χ2n) is 5.48. The highest BCUT2D eigenvalue weighted by Crippen LogP contribution is 2.12. The second kappa shape index (κ2) is 9.97. The van der Waals surface area contributed by atoms with Crippen LogP contribution in [-0.4, -0.2) is 30.2 Å². The zero-order valence-corrected chi connectivity index (χ0v) is 14.6. The van der Waals surface area contributed by atoms with Gasteiger partial charge in [0, 0.05) is 32.0 Å². The van der Waals surface area contributed by atoms with E-state index in [9.17, 15) is 9.59 Å². The number of rotatable bonds is 8. The van der Waals surface area contributed by atoms with E-state index in [0.717, 1.165) is 5.56 Å². The van der Waals surface area contributed by atoms with E-state index >= 15 is 0 Å². The normalized spacial score (nSPS) is 11.0. The van der Waals surface area contributed by atoms with Crippen molar-refractivity contribution in [2.24, 2.45) is 0 Å². The zero-order valence-electron chi connectivity index (χ0n) is 14.6. The van der Waals surface area contributed by atoms with Crippen molar-refractivity contribution < 1.29 is 9.53 Å². The van der Waals surface area contributed by atoms with Crippen molar-refractivity contribution in [1.29, 1.82) is 5.26 Å². The number of pyridine rings is 1. The minimum atomic E-state index is -0.348. The molecule has 0 aliphatic carbocycles. The molecule has 0 saturated carbocycles. The number of nitriles is 1. The lowest BCUT2D eigenvalue weighted by Crippen LogP contribution is -2.31. The van der Waals surface area contributed by atoms with Gasteiger partial charge in [-0.15, -0.1) is 0 Å². The van der Waals surface area contributed by atoms with Crippen LogP contribution >= 0.6 is 0 Å². The van der Waals surface area contributed by atoms with Crippen LogP contribution in [0.25, 0.3) is 11.8 Å². The van der Waals surface area contributed by atoms with Crippen LogP contribution in [-0.2, 0) is 9.53 Å². The average molecular weight is 351 g/mol. The van der Waals surface area contributed by atoms with E-state index in [1.807, 2.05) is 13.0 Å². The Balaban J connectivity index is 2.26. The first-order valence-electron chi connectivity index (χ1n) is 8.41. The summed E-state index contributed by atoms with van der Waals surface area (Å²) in [6.45, 7) is 3.57. The van der Waals surface area contributed by atoms with Gasteiger partial charge in [0.2, 0.25) is 0 Å². The molecule has 0 unspecified atom stereocenters. The van der Waals surface area contributed by atoms with Crippen molar-refractivity contribution in [2.75, 3.05) is 19.8 Å². The maximum absolute atomic E-state index is 12.6. The summed E-state index contributed by atoms with van der Waals surface area (Å²) in [5, 5.41) is 11.7. The number of benzene rings is 1. The van der Waals surface area contributed by atoms with Crippen LogP contribution in [0.1, 0.15) is 24.5 Å². The van der Waals surface area contributed by atoms with Crippen molar-refractivity contribution >= 4 is 17.7 Å². The van der Waals surface area contributed by atoms with E-state index in [1.54, 1.807) is 48.7 Å². The molecule has 6 heteroatoms. The maximum atomic E-state index is 12.6. The zero-order chi connectivity index (χ0) is 18.8. The van der Waals surface area contributed by atoms with Gasteiger partial charge in [-0.1, -0.05) is 18.2 Å². The molecule has 1 aromatic heterocycles. The Morgan fingerprint density at radius 2 is 2.04 bits per heavy atom. The molecule has 1 aromatic carbocycles. The molecule has 1 heterocycles. The van der Waals surface area contributed by atoms with Crippen molar-refractivity contribution in [3.63, 3.8) is 0 Å². The molecule has 0 bridgehead atoms. The number of carbonyl (C=O) groups excluding carboxylic acids is 1. The number of nitrogens with zero attached hydrogens (tertiary/aromatic N) is 2. The van der Waals surface area contributed by atoms with Gasteiger partial charge in [-0.3, -0.25) is 14.2 Å². The van der Waals surface area contributed by atoms with Gasteiger partial charge in [0.05, 0.1) is 11.6 Å².